The standard InChI is InChI=1S/C26H26N4O4/c1-18(31)27-22(19-8-4-3-5-9-19)15-26(32)29-20-11-12-23(33-2)24(14-20)34-17-21-16-30-13-7-6-10-25(30)28-21/h3-14,16,22H,15,17H2,1-2H3,(H,27,31)(H,29,32). The summed E-state index contributed by atoms with van der Waals surface area (Å²) in [4.78, 5) is 29.0. The highest BCUT2D eigenvalue weighted by atomic mass is 16.5. The molecule has 0 saturated carbocycles. The van der Waals surface area contributed by atoms with Crippen LogP contribution in [-0.2, 0) is 16.2 Å². The fourth-order valence-corrected chi connectivity index (χ4v) is 3.66. The van der Waals surface area contributed by atoms with Gasteiger partial charge in [-0.25, -0.2) is 4.98 Å². The Bertz CT molecular complexity index is 1250. The second-order valence-corrected chi connectivity index (χ2v) is 7.77. The van der Waals surface area contributed by atoms with Crippen LogP contribution in [0, 0.1) is 0 Å². The van der Waals surface area contributed by atoms with E-state index in [9.17, 15) is 9.59 Å². The SMILES string of the molecule is COc1ccc(NC(=O)CC(NC(C)=O)c2ccccc2)cc1OCc1cn2ccccc2n1. The molecule has 34 heavy (non-hydrogen) atoms. The lowest BCUT2D eigenvalue weighted by molar-refractivity contribution is -0.120. The van der Waals surface area contributed by atoms with E-state index >= 15 is 0 Å². The molecule has 2 N–H and O–H groups in total. The number of anilines is 1. The van der Waals surface area contributed by atoms with Gasteiger partial charge < -0.3 is 24.5 Å². The number of carbonyl (C=O) groups excluding carboxylic acids is 2. The lowest BCUT2D eigenvalue weighted by Crippen LogP contribution is -2.29. The number of pyridine rings is 1. The maximum absolute atomic E-state index is 12.8. The van der Waals surface area contributed by atoms with Crippen molar-refractivity contribution in [3.63, 3.8) is 0 Å². The number of amides is 2. The minimum Gasteiger partial charge on any atom is -0.493 e. The summed E-state index contributed by atoms with van der Waals surface area (Å²) in [6.07, 6.45) is 3.92. The van der Waals surface area contributed by atoms with Crippen LogP contribution in [0.3, 0.4) is 0 Å². The van der Waals surface area contributed by atoms with E-state index in [-0.39, 0.29) is 24.8 Å². The van der Waals surface area contributed by atoms with Crippen molar-refractivity contribution in [3.8, 4) is 11.5 Å². The first-order valence-electron chi connectivity index (χ1n) is 10.9. The summed E-state index contributed by atoms with van der Waals surface area (Å²) in [7, 11) is 1.56. The van der Waals surface area contributed by atoms with Gasteiger partial charge in [0.2, 0.25) is 11.8 Å². The average Bonchev–Trinajstić information content (AvgIpc) is 3.26. The summed E-state index contributed by atoms with van der Waals surface area (Å²) >= 11 is 0. The van der Waals surface area contributed by atoms with Crippen LogP contribution in [0.25, 0.3) is 5.65 Å². The van der Waals surface area contributed by atoms with Crippen molar-refractivity contribution in [1.82, 2.24) is 14.7 Å². The van der Waals surface area contributed by atoms with Gasteiger partial charge in [0.1, 0.15) is 12.3 Å². The number of nitrogens with zero attached hydrogens (tertiary/aromatic N) is 2. The highest BCUT2D eigenvalue weighted by molar-refractivity contribution is 5.92. The molecular formula is C26H26N4O4. The van der Waals surface area contributed by atoms with Gasteiger partial charge in [0.15, 0.2) is 11.5 Å². The highest BCUT2D eigenvalue weighted by Crippen LogP contribution is 2.31. The van der Waals surface area contributed by atoms with Crippen molar-refractivity contribution in [1.29, 1.82) is 0 Å². The minimum absolute atomic E-state index is 0.0903. The molecule has 0 aliphatic rings. The molecular weight excluding hydrogens is 432 g/mol. The summed E-state index contributed by atoms with van der Waals surface area (Å²) in [6, 6.07) is 19.9. The highest BCUT2D eigenvalue weighted by Gasteiger charge is 2.18. The molecule has 2 aromatic heterocycles. The fraction of sp³-hybridized carbons (Fsp3) is 0.192. The van der Waals surface area contributed by atoms with Crippen molar-refractivity contribution in [2.75, 3.05) is 12.4 Å². The smallest absolute Gasteiger partial charge is 0.226 e. The van der Waals surface area contributed by atoms with E-state index in [2.05, 4.69) is 15.6 Å². The van der Waals surface area contributed by atoms with Crippen molar-refractivity contribution < 1.29 is 19.1 Å². The number of carbonyl (C=O) groups is 2. The Balaban J connectivity index is 1.44. The lowest BCUT2D eigenvalue weighted by atomic mass is 10.0. The van der Waals surface area contributed by atoms with Crippen molar-refractivity contribution in [3.05, 3.63) is 90.4 Å². The molecule has 0 bridgehead atoms. The largest absolute Gasteiger partial charge is 0.493 e. The molecule has 0 radical (unpaired) electrons. The summed E-state index contributed by atoms with van der Waals surface area (Å²) in [5, 5.41) is 5.72. The molecule has 0 aliphatic heterocycles. The molecule has 2 aromatic carbocycles. The second kappa shape index (κ2) is 10.5. The van der Waals surface area contributed by atoms with Gasteiger partial charge in [0, 0.05) is 31.1 Å². The first-order valence-corrected chi connectivity index (χ1v) is 10.9. The molecule has 4 aromatic rings. The van der Waals surface area contributed by atoms with Crippen molar-refractivity contribution in [2.24, 2.45) is 0 Å². The van der Waals surface area contributed by atoms with Gasteiger partial charge in [-0.2, -0.15) is 0 Å². The third kappa shape index (κ3) is 5.72. The predicted octanol–water partition coefficient (Wildman–Crippen LogP) is 4.13. The van der Waals surface area contributed by atoms with Gasteiger partial charge in [-0.1, -0.05) is 36.4 Å². The number of imidazole rings is 1. The third-order valence-corrected chi connectivity index (χ3v) is 5.21. The number of methoxy groups -OCH3 is 1. The fourth-order valence-electron chi connectivity index (χ4n) is 3.66. The van der Waals surface area contributed by atoms with Crippen LogP contribution in [0.4, 0.5) is 5.69 Å². The molecule has 0 fully saturated rings. The van der Waals surface area contributed by atoms with Gasteiger partial charge >= 0.3 is 0 Å². The number of ether oxygens (including phenoxy) is 2. The number of hydrogen-bond donors (Lipinski definition) is 2. The Labute approximate surface area is 197 Å². The molecule has 174 valence electrons. The van der Waals surface area contributed by atoms with E-state index < -0.39 is 6.04 Å². The molecule has 2 heterocycles. The minimum atomic E-state index is -0.428. The average molecular weight is 459 g/mol. The van der Waals surface area contributed by atoms with Gasteiger partial charge in [-0.3, -0.25) is 9.59 Å². The van der Waals surface area contributed by atoms with Gasteiger partial charge in [0.25, 0.3) is 0 Å². The first kappa shape index (κ1) is 22.8. The van der Waals surface area contributed by atoms with Gasteiger partial charge in [-0.05, 0) is 29.8 Å². The molecule has 8 heteroatoms. The number of hydrogen-bond acceptors (Lipinski definition) is 5. The number of benzene rings is 2. The zero-order chi connectivity index (χ0) is 23.9. The number of nitrogens with one attached hydrogen (secondary N) is 2. The molecule has 8 nitrogen and oxygen atoms in total. The lowest BCUT2D eigenvalue weighted by Gasteiger charge is -2.18. The second-order valence-electron chi connectivity index (χ2n) is 7.77. The summed E-state index contributed by atoms with van der Waals surface area (Å²) in [5.41, 5.74) is 3.02. The van der Waals surface area contributed by atoms with Crippen LogP contribution in [0.15, 0.2) is 79.1 Å². The van der Waals surface area contributed by atoms with E-state index in [1.807, 2.05) is 65.3 Å². The number of fused-ring (bicyclic) bond motifs is 1. The Hall–Kier alpha value is -4.33. The van der Waals surface area contributed by atoms with Gasteiger partial charge in [0.05, 0.1) is 25.3 Å². The van der Waals surface area contributed by atoms with E-state index in [0.717, 1.165) is 16.9 Å². The third-order valence-electron chi connectivity index (χ3n) is 5.21. The predicted molar refractivity (Wildman–Crippen MR) is 129 cm³/mol. The Morgan fingerprint density at radius 2 is 1.82 bits per heavy atom. The van der Waals surface area contributed by atoms with E-state index in [0.29, 0.717) is 17.2 Å². The topological polar surface area (TPSA) is 94.0 Å². The number of rotatable bonds is 9. The Morgan fingerprint density at radius 1 is 1.03 bits per heavy atom. The van der Waals surface area contributed by atoms with Crippen LogP contribution in [0.5, 0.6) is 11.5 Å². The number of aromatic nitrogens is 2. The van der Waals surface area contributed by atoms with Crippen LogP contribution in [0.1, 0.15) is 30.6 Å². The van der Waals surface area contributed by atoms with Crippen LogP contribution in [0.2, 0.25) is 0 Å². The maximum Gasteiger partial charge on any atom is 0.226 e. The van der Waals surface area contributed by atoms with E-state index in [1.165, 1.54) is 6.92 Å². The van der Waals surface area contributed by atoms with E-state index in [1.54, 1.807) is 25.3 Å². The zero-order valence-electron chi connectivity index (χ0n) is 19.0. The van der Waals surface area contributed by atoms with Crippen molar-refractivity contribution in [2.45, 2.75) is 26.0 Å². The molecule has 0 spiro atoms. The van der Waals surface area contributed by atoms with Crippen molar-refractivity contribution >= 4 is 23.1 Å². The molecule has 2 amide bonds. The zero-order valence-corrected chi connectivity index (χ0v) is 19.0. The quantitative estimate of drug-likeness (QED) is 0.393. The summed E-state index contributed by atoms with van der Waals surface area (Å²) in [5.74, 6) is 0.591. The molecule has 0 saturated heterocycles. The van der Waals surface area contributed by atoms with Crippen LogP contribution in [-0.4, -0.2) is 28.3 Å². The molecule has 4 rings (SSSR count). The molecule has 1 unspecified atom stereocenters. The van der Waals surface area contributed by atoms with E-state index in [4.69, 9.17) is 9.47 Å². The normalized spacial score (nSPS) is 11.6. The summed E-state index contributed by atoms with van der Waals surface area (Å²) in [6.45, 7) is 1.68. The van der Waals surface area contributed by atoms with Crippen LogP contribution >= 0.6 is 0 Å². The summed E-state index contributed by atoms with van der Waals surface area (Å²) < 4.78 is 13.3. The first-order chi connectivity index (χ1) is 16.5. The molecule has 0 aliphatic carbocycles. The van der Waals surface area contributed by atoms with Gasteiger partial charge in [-0.15, -0.1) is 0 Å². The molecule has 1 atom stereocenters. The Morgan fingerprint density at radius 3 is 2.56 bits per heavy atom. The van der Waals surface area contributed by atoms with Crippen LogP contribution < -0.4 is 20.1 Å². The maximum atomic E-state index is 12.8. The monoisotopic (exact) mass is 458 g/mol. The Kier molecular flexibility index (Phi) is 7.07.